The van der Waals surface area contributed by atoms with Crippen molar-refractivity contribution >= 4 is 45.8 Å². The van der Waals surface area contributed by atoms with Crippen LogP contribution in [0.3, 0.4) is 0 Å². The first-order chi connectivity index (χ1) is 25.2. The Balaban J connectivity index is 1.84. The van der Waals surface area contributed by atoms with Crippen molar-refractivity contribution in [3.63, 3.8) is 0 Å². The summed E-state index contributed by atoms with van der Waals surface area (Å²) in [6.45, 7) is 18.0. The first-order valence-electron chi connectivity index (χ1n) is 17.6. The van der Waals surface area contributed by atoms with Gasteiger partial charge in [-0.05, 0) is 79.2 Å². The first-order valence-corrected chi connectivity index (χ1v) is 17.6. The van der Waals surface area contributed by atoms with Crippen LogP contribution in [0.25, 0.3) is 11.1 Å². The molecule has 0 saturated heterocycles. The highest BCUT2D eigenvalue weighted by Crippen LogP contribution is 2.51. The molecule has 8 nitrogen and oxygen atoms in total. The Morgan fingerprint density at radius 2 is 1.25 bits per heavy atom. The highest BCUT2D eigenvalue weighted by molar-refractivity contribution is 6.52. The van der Waals surface area contributed by atoms with Crippen LogP contribution in [0.1, 0.15) is 85.9 Å². The zero-order chi connectivity index (χ0) is 42.8. The van der Waals surface area contributed by atoms with Gasteiger partial charge in [-0.3, -0.25) is 14.4 Å². The molecule has 2 aliphatic heterocycles. The highest BCUT2D eigenvalue weighted by atomic mass is 19.4. The van der Waals surface area contributed by atoms with E-state index in [1.165, 1.54) is 12.1 Å². The first kappa shape index (κ1) is 42.5. The lowest BCUT2D eigenvalue weighted by Crippen LogP contribution is -2.48. The Kier molecular flexibility index (Phi) is 9.82. The highest BCUT2D eigenvalue weighted by Gasteiger charge is 2.64. The Morgan fingerprint density at radius 1 is 0.750 bits per heavy atom. The molecule has 0 aromatic heterocycles. The lowest BCUT2D eigenvalue weighted by atomic mass is 9.76. The van der Waals surface area contributed by atoms with E-state index in [9.17, 15) is 63.4 Å². The van der Waals surface area contributed by atoms with Gasteiger partial charge in [0.15, 0.2) is 6.04 Å². The molecule has 2 amide bonds. The number of rotatable bonds is 7. The number of anilines is 3. The summed E-state index contributed by atoms with van der Waals surface area (Å²) >= 11 is 0. The van der Waals surface area contributed by atoms with Gasteiger partial charge in [0, 0.05) is 45.6 Å². The molecule has 306 valence electrons. The van der Waals surface area contributed by atoms with Gasteiger partial charge in [-0.25, -0.2) is 4.58 Å². The number of carbonyl (C=O) groups excluding carboxylic acids is 3. The summed E-state index contributed by atoms with van der Waals surface area (Å²) in [4.78, 5) is 41.1. The summed E-state index contributed by atoms with van der Waals surface area (Å²) < 4.78 is 139. The molecule has 3 aliphatic rings. The van der Waals surface area contributed by atoms with Crippen LogP contribution in [0, 0.1) is 0 Å². The van der Waals surface area contributed by atoms with Gasteiger partial charge in [0.1, 0.15) is 11.8 Å². The number of aliphatic hydroxyl groups excluding tert-OH is 1. The van der Waals surface area contributed by atoms with E-state index in [1.807, 2.05) is 23.3 Å². The van der Waals surface area contributed by atoms with E-state index in [4.69, 9.17) is 0 Å². The van der Waals surface area contributed by atoms with Gasteiger partial charge in [0.05, 0.1) is 27.9 Å². The maximum atomic E-state index is 14.3. The van der Waals surface area contributed by atoms with E-state index in [-0.39, 0.29) is 24.2 Å². The number of amides is 2. The number of benzene rings is 2. The molecule has 18 heteroatoms. The van der Waals surface area contributed by atoms with E-state index in [0.717, 1.165) is 12.1 Å². The second-order valence-electron chi connectivity index (χ2n) is 16.1. The lowest BCUT2D eigenvalue weighted by Gasteiger charge is -2.34. The van der Waals surface area contributed by atoms with Gasteiger partial charge in [-0.2, -0.15) is 43.9 Å². The molecule has 0 bridgehead atoms. The minimum absolute atomic E-state index is 0.258. The molecule has 0 fully saturated rings. The monoisotopic (exact) mass is 807 g/mol. The van der Waals surface area contributed by atoms with Crippen molar-refractivity contribution in [2.45, 2.75) is 128 Å². The van der Waals surface area contributed by atoms with Crippen LogP contribution < -0.4 is 30.7 Å². The fraction of sp³-hybridized carbons (Fsp3) is 0.526. The van der Waals surface area contributed by atoms with E-state index in [1.54, 1.807) is 66.0 Å². The average molecular weight is 808 g/mol. The van der Waals surface area contributed by atoms with Crippen LogP contribution in [0.5, 0.6) is 0 Å². The van der Waals surface area contributed by atoms with Crippen LogP contribution in [-0.4, -0.2) is 71.1 Å². The molecule has 2 unspecified atom stereocenters. The zero-order valence-electron chi connectivity index (χ0n) is 32.0. The second kappa shape index (κ2) is 12.9. The third-order valence-corrected chi connectivity index (χ3v) is 11.5. The van der Waals surface area contributed by atoms with Crippen molar-refractivity contribution in [3.05, 3.63) is 57.3 Å². The van der Waals surface area contributed by atoms with Crippen LogP contribution in [0.4, 0.5) is 61.0 Å². The minimum Gasteiger partial charge on any atom is -0.506 e. The van der Waals surface area contributed by atoms with Gasteiger partial charge in [-0.1, -0.05) is 13.8 Å². The van der Waals surface area contributed by atoms with Crippen LogP contribution >= 0.6 is 0 Å². The Labute approximate surface area is 314 Å². The van der Waals surface area contributed by atoms with Crippen LogP contribution in [0.2, 0.25) is 0 Å². The molecule has 0 saturated carbocycles. The zero-order valence-corrected chi connectivity index (χ0v) is 32.0. The number of aliphatic hydroxyl groups is 1. The molecule has 2 heterocycles. The molecule has 5 rings (SSSR count). The fourth-order valence-corrected chi connectivity index (χ4v) is 7.83. The molecule has 2 aromatic rings. The molecular formula is C38H41F10N4O4+. The number of allylic oxidation sites excluding steroid dienone is 2. The Hall–Kier alpha value is -4.64. The predicted octanol–water partition coefficient (Wildman–Crippen LogP) is 7.14. The van der Waals surface area contributed by atoms with Crippen molar-refractivity contribution in [1.82, 2.24) is 4.58 Å². The topological polar surface area (TPSA) is 102 Å². The van der Waals surface area contributed by atoms with Crippen molar-refractivity contribution in [2.24, 2.45) is 0 Å². The minimum atomic E-state index is -6.31. The summed E-state index contributed by atoms with van der Waals surface area (Å²) in [6.07, 6.45) is -12.6. The number of nitrogens with zero attached hydrogens (tertiary/aromatic N) is 2. The predicted molar refractivity (Wildman–Crippen MR) is 188 cm³/mol. The number of nitrogens with one attached hydrogen (secondary N) is 2. The van der Waals surface area contributed by atoms with Crippen molar-refractivity contribution in [1.29, 1.82) is 0 Å². The smallest absolute Gasteiger partial charge is 0.463 e. The van der Waals surface area contributed by atoms with Crippen molar-refractivity contribution in [3.8, 4) is 0 Å². The van der Waals surface area contributed by atoms with E-state index >= 15 is 0 Å². The maximum Gasteiger partial charge on any atom is 0.463 e. The van der Waals surface area contributed by atoms with E-state index in [2.05, 4.69) is 0 Å². The molecule has 3 N–H and O–H groups in total. The summed E-state index contributed by atoms with van der Waals surface area (Å²) in [7, 11) is 0. The van der Waals surface area contributed by atoms with E-state index < -0.39 is 91.7 Å². The van der Waals surface area contributed by atoms with Gasteiger partial charge >= 0.3 is 36.0 Å². The maximum absolute atomic E-state index is 14.3. The molecule has 2 aromatic carbocycles. The number of halogens is 10. The summed E-state index contributed by atoms with van der Waals surface area (Å²) in [5, 5.41) is 14.6. The number of alkyl halides is 10. The second-order valence-corrected chi connectivity index (χ2v) is 16.1. The average Bonchev–Trinajstić information content (AvgIpc) is 3.36. The van der Waals surface area contributed by atoms with Gasteiger partial charge in [0.25, 0.3) is 0 Å². The van der Waals surface area contributed by atoms with Gasteiger partial charge < -0.3 is 20.6 Å². The van der Waals surface area contributed by atoms with Gasteiger partial charge in [0.2, 0.25) is 11.1 Å². The number of Topliss-reactive ketones (excluding diaryl/α,β-unsaturated/α-hetero) is 1. The lowest BCUT2D eigenvalue weighted by molar-refractivity contribution is -0.267. The van der Waals surface area contributed by atoms with Crippen molar-refractivity contribution in [2.75, 3.05) is 15.5 Å². The normalized spacial score (nSPS) is 21.8. The largest absolute Gasteiger partial charge is 0.506 e. The Bertz CT molecular complexity index is 2220. The number of hydrogen-bond donors (Lipinski definition) is 3. The number of fused-ring (bicyclic) bond motifs is 2. The molecule has 56 heavy (non-hydrogen) atoms. The van der Waals surface area contributed by atoms with Crippen molar-refractivity contribution < 1.29 is 63.4 Å². The molecule has 1 aliphatic carbocycles. The van der Waals surface area contributed by atoms with E-state index in [0.29, 0.717) is 22.2 Å². The molecular weight excluding hydrogens is 766 g/mol. The fourth-order valence-electron chi connectivity index (χ4n) is 7.83. The Morgan fingerprint density at radius 3 is 1.70 bits per heavy atom. The number of ketones is 1. The molecule has 0 radical (unpaired) electrons. The third-order valence-electron chi connectivity index (χ3n) is 11.5. The van der Waals surface area contributed by atoms with Crippen LogP contribution in [-0.2, 0) is 25.2 Å². The third kappa shape index (κ3) is 6.12. The quantitative estimate of drug-likeness (QED) is 0.204. The SMILES string of the molecule is CC(C)N1c2cc(NC(=O)C(F)(F)C(F)(F)F)c(C3=C(O)/C(=c4/cc5c(cc4NC(=O)C(F)(F)C(F)(F)F)=[N+](C(C)C)C(C)C5(C)C)C3=O)cc2C(C)(C)C1C. The molecule has 0 spiro atoms. The summed E-state index contributed by atoms with van der Waals surface area (Å²) in [6, 6.07) is 3.58. The molecule has 2 atom stereocenters. The van der Waals surface area contributed by atoms with Gasteiger partial charge in [-0.15, -0.1) is 0 Å². The summed E-state index contributed by atoms with van der Waals surface area (Å²) in [5.41, 5.74) is -3.56. The van der Waals surface area contributed by atoms with Crippen LogP contribution in [0.15, 0.2) is 30.0 Å². The summed E-state index contributed by atoms with van der Waals surface area (Å²) in [5.74, 6) is -19.5. The number of carbonyl (C=O) groups is 3. The standard InChI is InChI=1S/C38H40F10N4O4/c1-15(2)51-17(5)33(7,8)21-11-19(23(13-25(21)51)49-31(55)35(39,40)37(43,44)45)27-29(53)28(30(27)54)20-12-22-26(52(16(3)4)18(6)34(22,9)10)14-24(20)50-32(56)36(41,42)38(46,47)48/h11-18H,1-10H3,(H2,49,50,53,54,55,56)/p+1. The number of hydrogen-bond acceptors (Lipinski definition) is 5.